The third kappa shape index (κ3) is 8.54. The molecule has 0 bridgehead atoms. The highest BCUT2D eigenvalue weighted by atomic mass is 16.7. The molecule has 3 unspecified atom stereocenters. The Morgan fingerprint density at radius 2 is 1.62 bits per heavy atom. The van der Waals surface area contributed by atoms with Crippen molar-refractivity contribution in [2.45, 2.75) is 185 Å². The number of nitrogens with zero attached hydrogens (tertiary/aromatic N) is 2. The van der Waals surface area contributed by atoms with Crippen molar-refractivity contribution >= 4 is 5.97 Å². The summed E-state index contributed by atoms with van der Waals surface area (Å²) in [6.45, 7) is 19.1. The van der Waals surface area contributed by atoms with E-state index >= 15 is 0 Å². The van der Waals surface area contributed by atoms with E-state index in [0.717, 1.165) is 0 Å². The van der Waals surface area contributed by atoms with Gasteiger partial charge in [0.05, 0.1) is 47.6 Å². The smallest absolute Gasteiger partial charge is 0.311 e. The van der Waals surface area contributed by atoms with E-state index in [1.165, 1.54) is 7.11 Å². The van der Waals surface area contributed by atoms with E-state index in [9.17, 15) is 25.2 Å². The zero-order valence-electron chi connectivity index (χ0n) is 32.7. The first kappa shape index (κ1) is 41.8. The molecule has 0 radical (unpaired) electrons. The Morgan fingerprint density at radius 3 is 2.20 bits per heavy atom. The second-order valence-corrected chi connectivity index (χ2v) is 16.9. The Bertz CT molecular complexity index is 1140. The fourth-order valence-electron chi connectivity index (χ4n) is 9.22. The van der Waals surface area contributed by atoms with Gasteiger partial charge in [0.15, 0.2) is 12.6 Å². The van der Waals surface area contributed by atoms with Crippen LogP contribution >= 0.6 is 0 Å². The molecule has 0 aromatic heterocycles. The summed E-state index contributed by atoms with van der Waals surface area (Å²) in [5, 5.41) is 46.7. The Kier molecular flexibility index (Phi) is 13.2. The van der Waals surface area contributed by atoms with Gasteiger partial charge in [0.2, 0.25) is 0 Å². The lowest BCUT2D eigenvalue weighted by atomic mass is 9.77. The molecule has 13 heteroatoms. The van der Waals surface area contributed by atoms with Gasteiger partial charge in [0.1, 0.15) is 23.9 Å². The highest BCUT2D eigenvalue weighted by Gasteiger charge is 2.59. The Balaban J connectivity index is 1.78. The van der Waals surface area contributed by atoms with Gasteiger partial charge in [-0.15, -0.1) is 0 Å². The van der Waals surface area contributed by atoms with E-state index in [-0.39, 0.29) is 36.6 Å². The molecule has 0 aliphatic carbocycles. The van der Waals surface area contributed by atoms with E-state index in [2.05, 4.69) is 18.7 Å². The SMILES string of the molecule is CC[C@H]1OC(=O)[C@H](C)[C@@H](O[C@H]2C[C@@](C)(OC)[C@@H](O)[C@H](C)O2)[C@H](C)[C@@H](O[C@@H]2O[C@H](C)C[C@H](N(C)C)[C@H]2O)[C@@](C)(O)C[C@@H](C)CN2C(C)C2[C@]1(C)O. The highest BCUT2D eigenvalue weighted by molar-refractivity contribution is 5.73. The van der Waals surface area contributed by atoms with Gasteiger partial charge in [0.25, 0.3) is 0 Å². The van der Waals surface area contributed by atoms with Gasteiger partial charge in [-0.05, 0) is 87.7 Å². The number of esters is 1. The molecule has 19 atom stereocenters. The van der Waals surface area contributed by atoms with Gasteiger partial charge in [-0.3, -0.25) is 9.69 Å². The average molecular weight is 717 g/mol. The summed E-state index contributed by atoms with van der Waals surface area (Å²) in [4.78, 5) is 18.3. The van der Waals surface area contributed by atoms with E-state index in [1.807, 2.05) is 39.8 Å². The summed E-state index contributed by atoms with van der Waals surface area (Å²) in [5.74, 6) is -2.17. The number of aliphatic hydroxyl groups excluding tert-OH is 2. The third-order valence-electron chi connectivity index (χ3n) is 12.2. The average Bonchev–Trinajstić information content (AvgIpc) is 3.67. The number of methoxy groups -OCH3 is 1. The van der Waals surface area contributed by atoms with Gasteiger partial charge in [-0.2, -0.15) is 0 Å². The number of rotatable bonds is 7. The molecule has 0 spiro atoms. The van der Waals surface area contributed by atoms with Crippen molar-refractivity contribution in [3.05, 3.63) is 0 Å². The van der Waals surface area contributed by atoms with Gasteiger partial charge in [-0.25, -0.2) is 0 Å². The fourth-order valence-corrected chi connectivity index (χ4v) is 9.22. The molecule has 4 heterocycles. The predicted molar refractivity (Wildman–Crippen MR) is 186 cm³/mol. The zero-order chi connectivity index (χ0) is 37.7. The number of ether oxygens (including phenoxy) is 6. The van der Waals surface area contributed by atoms with Crippen molar-refractivity contribution in [1.29, 1.82) is 0 Å². The second-order valence-electron chi connectivity index (χ2n) is 16.9. The lowest BCUT2D eigenvalue weighted by Gasteiger charge is -2.49. The van der Waals surface area contributed by atoms with Crippen LogP contribution in [0.5, 0.6) is 0 Å². The number of carbonyl (C=O) groups is 1. The van der Waals surface area contributed by atoms with Crippen molar-refractivity contribution < 1.29 is 53.6 Å². The number of aliphatic hydroxyl groups is 4. The van der Waals surface area contributed by atoms with Crippen LogP contribution in [0, 0.1) is 17.8 Å². The van der Waals surface area contributed by atoms with Crippen LogP contribution in [0.15, 0.2) is 0 Å². The summed E-state index contributed by atoms with van der Waals surface area (Å²) >= 11 is 0. The molecule has 50 heavy (non-hydrogen) atoms. The number of hydrogen-bond donors (Lipinski definition) is 4. The van der Waals surface area contributed by atoms with Crippen LogP contribution < -0.4 is 0 Å². The molecule has 4 N–H and O–H groups in total. The summed E-state index contributed by atoms with van der Waals surface area (Å²) in [5.41, 5.74) is -3.77. The topological polar surface area (TPSA) is 160 Å². The van der Waals surface area contributed by atoms with Crippen LogP contribution in [0.4, 0.5) is 0 Å². The third-order valence-corrected chi connectivity index (χ3v) is 12.2. The number of fused-ring (bicyclic) bond motifs is 1. The lowest BCUT2D eigenvalue weighted by molar-refractivity contribution is -0.318. The fraction of sp³-hybridized carbons (Fsp3) is 0.973. The van der Waals surface area contributed by atoms with E-state index in [4.69, 9.17) is 28.4 Å². The molecule has 4 fully saturated rings. The van der Waals surface area contributed by atoms with E-state index in [0.29, 0.717) is 25.8 Å². The van der Waals surface area contributed by atoms with Gasteiger partial charge < -0.3 is 53.7 Å². The van der Waals surface area contributed by atoms with Crippen molar-refractivity contribution in [3.63, 3.8) is 0 Å². The molecular formula is C37H68N2O11. The summed E-state index contributed by atoms with van der Waals surface area (Å²) in [6, 6.07) is -0.409. The second kappa shape index (κ2) is 15.8. The molecule has 0 aromatic rings. The predicted octanol–water partition coefficient (Wildman–Crippen LogP) is 2.29. The molecule has 4 rings (SSSR count). The molecule has 4 saturated heterocycles. The Hall–Kier alpha value is -0.970. The van der Waals surface area contributed by atoms with Gasteiger partial charge in [0, 0.05) is 38.1 Å². The number of hydrogen-bond acceptors (Lipinski definition) is 13. The van der Waals surface area contributed by atoms with Gasteiger partial charge in [-0.1, -0.05) is 20.8 Å². The number of carbonyl (C=O) groups excluding carboxylic acids is 1. The van der Waals surface area contributed by atoms with Crippen LogP contribution in [-0.2, 0) is 33.2 Å². The first-order valence-corrected chi connectivity index (χ1v) is 18.7. The van der Waals surface area contributed by atoms with E-state index < -0.39 is 83.8 Å². The molecule has 0 aromatic carbocycles. The van der Waals surface area contributed by atoms with Crippen LogP contribution in [0.2, 0.25) is 0 Å². The number of likely N-dealkylation sites (N-methyl/N-ethyl adjacent to an activating group) is 1. The van der Waals surface area contributed by atoms with Crippen LogP contribution in [0.25, 0.3) is 0 Å². The minimum atomic E-state index is -1.48. The molecule has 0 amide bonds. The summed E-state index contributed by atoms with van der Waals surface area (Å²) in [7, 11) is 5.33. The maximum absolute atomic E-state index is 14.2. The molecule has 4 aliphatic heterocycles. The quantitative estimate of drug-likeness (QED) is 0.225. The molecule has 4 aliphatic rings. The monoisotopic (exact) mass is 716 g/mol. The first-order chi connectivity index (χ1) is 23.1. The minimum Gasteiger partial charge on any atom is -0.459 e. The van der Waals surface area contributed by atoms with Crippen molar-refractivity contribution in [2.75, 3.05) is 27.7 Å². The molecule has 292 valence electrons. The van der Waals surface area contributed by atoms with E-state index in [1.54, 1.807) is 34.6 Å². The normalized spacial score (nSPS) is 52.6. The summed E-state index contributed by atoms with van der Waals surface area (Å²) in [6.07, 6.45) is -5.89. The van der Waals surface area contributed by atoms with Crippen molar-refractivity contribution in [3.8, 4) is 0 Å². The van der Waals surface area contributed by atoms with Crippen LogP contribution in [0.3, 0.4) is 0 Å². The Morgan fingerprint density at radius 1 is 0.980 bits per heavy atom. The standard InChI is InChI=1S/C37H68N2O11/c1-14-26-37(10,44)30-23(6)39(30)18-19(2)16-35(8,43)32(50-34-28(40)25(38(11)12)15-20(3)46-34)21(4)29(22(5)33(42)48-26)49-27-17-36(9,45-13)31(41)24(7)47-27/h19-32,34,40-41,43-44H,14-18H2,1-13H3/t19-,20-,21+,22-,23?,24+,25+,26-,27+,28-,29+,30?,31+,32-,34+,35+,36-,37-,39?/m1/s1. The van der Waals surface area contributed by atoms with Crippen LogP contribution in [-0.4, -0.2) is 154 Å². The van der Waals surface area contributed by atoms with Crippen molar-refractivity contribution in [1.82, 2.24) is 9.80 Å². The van der Waals surface area contributed by atoms with Crippen molar-refractivity contribution in [2.24, 2.45) is 17.8 Å². The zero-order valence-corrected chi connectivity index (χ0v) is 32.7. The summed E-state index contributed by atoms with van der Waals surface area (Å²) < 4.78 is 37.7. The van der Waals surface area contributed by atoms with Gasteiger partial charge >= 0.3 is 5.97 Å². The van der Waals surface area contributed by atoms with Crippen LogP contribution in [0.1, 0.15) is 94.9 Å². The lowest BCUT2D eigenvalue weighted by Crippen LogP contribution is -2.60. The first-order valence-electron chi connectivity index (χ1n) is 18.7. The maximum atomic E-state index is 14.2. The largest absolute Gasteiger partial charge is 0.459 e. The number of cyclic esters (lactones) is 1. The minimum absolute atomic E-state index is 0.0222. The maximum Gasteiger partial charge on any atom is 0.311 e. The molecule has 0 saturated carbocycles. The molecular weight excluding hydrogens is 648 g/mol. The molecule has 13 nitrogen and oxygen atoms in total. The highest BCUT2D eigenvalue weighted by Crippen LogP contribution is 2.44. The Labute approximate surface area is 299 Å².